The van der Waals surface area contributed by atoms with E-state index in [4.69, 9.17) is 17.3 Å². The molecule has 0 spiro atoms. The summed E-state index contributed by atoms with van der Waals surface area (Å²) in [5.41, 5.74) is 8.22. The molecule has 0 radical (unpaired) electrons. The van der Waals surface area contributed by atoms with E-state index >= 15 is 0 Å². The van der Waals surface area contributed by atoms with Crippen LogP contribution in [-0.4, -0.2) is 13.6 Å². The fraction of sp³-hybridized carbons (Fsp3) is 0.200. The second-order valence-electron chi connectivity index (χ2n) is 4.36. The minimum atomic E-state index is -0.264. The van der Waals surface area contributed by atoms with Gasteiger partial charge in [-0.05, 0) is 48.9 Å². The van der Waals surface area contributed by atoms with Gasteiger partial charge in [0.2, 0.25) is 0 Å². The Kier molecular flexibility index (Phi) is 4.40. The number of nitrogens with zero attached hydrogens (tertiary/aromatic N) is 1. The molecule has 0 heterocycles. The monoisotopic (exact) mass is 278 g/mol. The van der Waals surface area contributed by atoms with E-state index in [0.29, 0.717) is 11.6 Å². The Morgan fingerprint density at radius 1 is 1.21 bits per heavy atom. The number of benzene rings is 2. The van der Waals surface area contributed by atoms with Crippen LogP contribution in [0.4, 0.5) is 15.8 Å². The number of rotatable bonds is 4. The molecule has 0 aliphatic rings. The lowest BCUT2D eigenvalue weighted by molar-refractivity contribution is 0.628. The highest BCUT2D eigenvalue weighted by molar-refractivity contribution is 6.33. The molecule has 0 fully saturated rings. The molecule has 0 bridgehead atoms. The Hall–Kier alpha value is -1.58. The maximum absolute atomic E-state index is 13.2. The van der Waals surface area contributed by atoms with Crippen molar-refractivity contribution in [3.8, 4) is 0 Å². The fourth-order valence-corrected chi connectivity index (χ4v) is 2.30. The zero-order valence-electron chi connectivity index (χ0n) is 10.7. The molecule has 2 N–H and O–H groups in total. The molecule has 0 saturated heterocycles. The van der Waals surface area contributed by atoms with Crippen molar-refractivity contribution in [3.63, 3.8) is 0 Å². The van der Waals surface area contributed by atoms with Gasteiger partial charge in [0.1, 0.15) is 5.82 Å². The van der Waals surface area contributed by atoms with Crippen molar-refractivity contribution < 1.29 is 4.39 Å². The molecule has 4 heteroatoms. The van der Waals surface area contributed by atoms with Crippen LogP contribution in [0, 0.1) is 5.82 Å². The molecule has 100 valence electrons. The van der Waals surface area contributed by atoms with Crippen molar-refractivity contribution >= 4 is 23.0 Å². The summed E-state index contributed by atoms with van der Waals surface area (Å²) in [6.45, 7) is 0.593. The number of anilines is 2. The molecule has 0 aliphatic carbocycles. The Morgan fingerprint density at radius 2 is 2.00 bits per heavy atom. The van der Waals surface area contributed by atoms with Crippen LogP contribution in [0.1, 0.15) is 5.56 Å². The maximum atomic E-state index is 13.2. The molecule has 0 unspecified atom stereocenters. The quantitative estimate of drug-likeness (QED) is 0.923. The second kappa shape index (κ2) is 6.04. The second-order valence-corrected chi connectivity index (χ2v) is 4.77. The van der Waals surface area contributed by atoms with Gasteiger partial charge in [0.05, 0.1) is 10.7 Å². The SMILES string of the molecule is CN(c1cccc(F)c1)c1ccc(CCN)cc1Cl. The summed E-state index contributed by atoms with van der Waals surface area (Å²) >= 11 is 6.27. The summed E-state index contributed by atoms with van der Waals surface area (Å²) in [5, 5.41) is 0.637. The largest absolute Gasteiger partial charge is 0.343 e. The lowest BCUT2D eigenvalue weighted by Crippen LogP contribution is -2.10. The molecule has 0 aromatic heterocycles. The predicted molar refractivity (Wildman–Crippen MR) is 78.7 cm³/mol. The van der Waals surface area contributed by atoms with Crippen LogP contribution in [0.15, 0.2) is 42.5 Å². The molecule has 2 rings (SSSR count). The standard InChI is InChI=1S/C15H16ClFN2/c1-19(13-4-2-3-12(17)10-13)15-6-5-11(7-8-18)9-14(15)16/h2-6,9-10H,7-8,18H2,1H3. The van der Waals surface area contributed by atoms with Crippen LogP contribution in [0.5, 0.6) is 0 Å². The highest BCUT2D eigenvalue weighted by atomic mass is 35.5. The fourth-order valence-electron chi connectivity index (χ4n) is 1.97. The van der Waals surface area contributed by atoms with Gasteiger partial charge in [0, 0.05) is 12.7 Å². The zero-order valence-corrected chi connectivity index (χ0v) is 11.5. The molecule has 0 atom stereocenters. The first-order valence-corrected chi connectivity index (χ1v) is 6.47. The highest BCUT2D eigenvalue weighted by Crippen LogP contribution is 2.31. The summed E-state index contributed by atoms with van der Waals surface area (Å²) in [7, 11) is 1.86. The van der Waals surface area contributed by atoms with E-state index in [-0.39, 0.29) is 5.82 Å². The third-order valence-electron chi connectivity index (χ3n) is 3.00. The van der Waals surface area contributed by atoms with Gasteiger partial charge in [-0.3, -0.25) is 0 Å². The molecule has 0 aliphatic heterocycles. The van der Waals surface area contributed by atoms with Gasteiger partial charge in [-0.1, -0.05) is 23.7 Å². The van der Waals surface area contributed by atoms with E-state index in [1.54, 1.807) is 6.07 Å². The van der Waals surface area contributed by atoms with Crippen molar-refractivity contribution in [3.05, 3.63) is 58.9 Å². The first kappa shape index (κ1) is 13.8. The van der Waals surface area contributed by atoms with Crippen LogP contribution >= 0.6 is 11.6 Å². The average Bonchev–Trinajstić information content (AvgIpc) is 2.38. The van der Waals surface area contributed by atoms with E-state index in [2.05, 4.69) is 0 Å². The van der Waals surface area contributed by atoms with Crippen LogP contribution in [-0.2, 0) is 6.42 Å². The topological polar surface area (TPSA) is 29.3 Å². The summed E-state index contributed by atoms with van der Waals surface area (Å²) in [5.74, 6) is -0.264. The lowest BCUT2D eigenvalue weighted by atomic mass is 10.1. The molecule has 0 amide bonds. The van der Waals surface area contributed by atoms with Crippen molar-refractivity contribution in [2.75, 3.05) is 18.5 Å². The third-order valence-corrected chi connectivity index (χ3v) is 3.30. The van der Waals surface area contributed by atoms with Gasteiger partial charge in [-0.25, -0.2) is 4.39 Å². The van der Waals surface area contributed by atoms with Crippen molar-refractivity contribution in [1.29, 1.82) is 0 Å². The number of hydrogen-bond acceptors (Lipinski definition) is 2. The van der Waals surface area contributed by atoms with Crippen molar-refractivity contribution in [1.82, 2.24) is 0 Å². The molecular formula is C15H16ClFN2. The molecule has 2 nitrogen and oxygen atoms in total. The smallest absolute Gasteiger partial charge is 0.125 e. The van der Waals surface area contributed by atoms with E-state index in [1.807, 2.05) is 36.2 Å². The average molecular weight is 279 g/mol. The minimum absolute atomic E-state index is 0.264. The van der Waals surface area contributed by atoms with Crippen LogP contribution in [0.2, 0.25) is 5.02 Å². The van der Waals surface area contributed by atoms with Gasteiger partial charge in [0.15, 0.2) is 0 Å². The van der Waals surface area contributed by atoms with E-state index in [0.717, 1.165) is 23.4 Å². The lowest BCUT2D eigenvalue weighted by Gasteiger charge is -2.21. The first-order chi connectivity index (χ1) is 9.11. The predicted octanol–water partition coefficient (Wildman–Crippen LogP) is 3.75. The number of hydrogen-bond donors (Lipinski definition) is 1. The normalized spacial score (nSPS) is 10.5. The van der Waals surface area contributed by atoms with E-state index < -0.39 is 0 Å². The van der Waals surface area contributed by atoms with Gasteiger partial charge < -0.3 is 10.6 Å². The van der Waals surface area contributed by atoms with Crippen LogP contribution in [0.3, 0.4) is 0 Å². The molecule has 2 aromatic carbocycles. The maximum Gasteiger partial charge on any atom is 0.125 e. The zero-order chi connectivity index (χ0) is 13.8. The molecule has 0 saturated carbocycles. The van der Waals surface area contributed by atoms with Gasteiger partial charge >= 0.3 is 0 Å². The molecule has 2 aromatic rings. The van der Waals surface area contributed by atoms with Gasteiger partial charge in [-0.2, -0.15) is 0 Å². The van der Waals surface area contributed by atoms with E-state index in [1.165, 1.54) is 12.1 Å². The number of nitrogens with two attached hydrogens (primary N) is 1. The Balaban J connectivity index is 2.31. The summed E-state index contributed by atoms with van der Waals surface area (Å²) in [4.78, 5) is 1.86. The van der Waals surface area contributed by atoms with Crippen LogP contribution in [0.25, 0.3) is 0 Å². The third kappa shape index (κ3) is 3.25. The van der Waals surface area contributed by atoms with Gasteiger partial charge in [-0.15, -0.1) is 0 Å². The van der Waals surface area contributed by atoms with Crippen LogP contribution < -0.4 is 10.6 Å². The van der Waals surface area contributed by atoms with Crippen molar-refractivity contribution in [2.45, 2.75) is 6.42 Å². The molecule has 19 heavy (non-hydrogen) atoms. The summed E-state index contributed by atoms with van der Waals surface area (Å²) in [6, 6.07) is 12.2. The summed E-state index contributed by atoms with van der Waals surface area (Å²) in [6.07, 6.45) is 0.795. The summed E-state index contributed by atoms with van der Waals surface area (Å²) < 4.78 is 13.2. The molecular weight excluding hydrogens is 263 g/mol. The van der Waals surface area contributed by atoms with Gasteiger partial charge in [0.25, 0.3) is 0 Å². The van der Waals surface area contributed by atoms with Crippen molar-refractivity contribution in [2.24, 2.45) is 5.73 Å². The Labute approximate surface area is 117 Å². The first-order valence-electron chi connectivity index (χ1n) is 6.09. The minimum Gasteiger partial charge on any atom is -0.343 e. The highest BCUT2D eigenvalue weighted by Gasteiger charge is 2.09. The Morgan fingerprint density at radius 3 is 2.63 bits per heavy atom. The van der Waals surface area contributed by atoms with E-state index in [9.17, 15) is 4.39 Å². The number of halogens is 2. The Bertz CT molecular complexity index is 572.